The van der Waals surface area contributed by atoms with Gasteiger partial charge in [-0.1, -0.05) is 11.6 Å². The average molecular weight is 395 g/mol. The first-order valence-electron chi connectivity index (χ1n) is 9.48. The lowest BCUT2D eigenvalue weighted by Crippen LogP contribution is -2.58. The molecule has 0 bridgehead atoms. The number of carbonyl (C=O) groups is 2. The third-order valence-corrected chi connectivity index (χ3v) is 5.63. The average Bonchev–Trinajstić information content (AvgIpc) is 2.70. The Morgan fingerprint density at radius 3 is 2.83 bits per heavy atom. The zero-order valence-corrected chi connectivity index (χ0v) is 16.3. The summed E-state index contributed by atoms with van der Waals surface area (Å²) < 4.78 is 14.2. The zero-order chi connectivity index (χ0) is 21.1. The number of benzene rings is 1. The van der Waals surface area contributed by atoms with Crippen molar-refractivity contribution in [3.63, 3.8) is 0 Å². The van der Waals surface area contributed by atoms with Crippen molar-refractivity contribution < 1.29 is 14.0 Å². The van der Waals surface area contributed by atoms with Crippen molar-refractivity contribution in [1.82, 2.24) is 16.0 Å². The van der Waals surface area contributed by atoms with Gasteiger partial charge < -0.3 is 16.0 Å². The fourth-order valence-electron chi connectivity index (χ4n) is 4.11. The lowest BCUT2D eigenvalue weighted by molar-refractivity contribution is -0.124. The van der Waals surface area contributed by atoms with E-state index in [-0.39, 0.29) is 35.4 Å². The Bertz CT molecular complexity index is 959. The first-order chi connectivity index (χ1) is 13.8. The minimum atomic E-state index is -0.626. The molecule has 4 unspecified atom stereocenters. The van der Waals surface area contributed by atoms with E-state index in [1.165, 1.54) is 12.1 Å². The Hall–Kier alpha value is -3.23. The molecule has 3 N–H and O–H groups in total. The first kappa shape index (κ1) is 20.5. The van der Waals surface area contributed by atoms with Gasteiger partial charge in [0.05, 0.1) is 30.2 Å². The molecule has 4 atom stereocenters. The molecule has 2 amide bonds. The highest BCUT2D eigenvalue weighted by atomic mass is 19.1. The molecule has 2 aliphatic heterocycles. The monoisotopic (exact) mass is 395 g/mol. The van der Waals surface area contributed by atoms with Crippen LogP contribution in [0.2, 0.25) is 0 Å². The van der Waals surface area contributed by atoms with Crippen LogP contribution in [0.1, 0.15) is 43.9 Å². The second kappa shape index (κ2) is 8.42. The van der Waals surface area contributed by atoms with E-state index < -0.39 is 23.8 Å². The summed E-state index contributed by atoms with van der Waals surface area (Å²) in [7, 11) is 0. The van der Waals surface area contributed by atoms with Gasteiger partial charge in [-0.2, -0.15) is 10.5 Å². The predicted molar refractivity (Wildman–Crippen MR) is 102 cm³/mol. The van der Waals surface area contributed by atoms with E-state index in [1.807, 2.05) is 6.07 Å². The number of nitriles is 2. The van der Waals surface area contributed by atoms with Gasteiger partial charge in [0.1, 0.15) is 11.9 Å². The fraction of sp³-hybridized carbons (Fsp3) is 0.429. The number of amides is 2. The summed E-state index contributed by atoms with van der Waals surface area (Å²) in [4.78, 5) is 25.1. The van der Waals surface area contributed by atoms with Crippen LogP contribution in [0.3, 0.4) is 0 Å². The number of hydrogen-bond donors (Lipinski definition) is 3. The van der Waals surface area contributed by atoms with Crippen LogP contribution in [0.15, 0.2) is 29.3 Å². The van der Waals surface area contributed by atoms with E-state index in [1.54, 1.807) is 13.8 Å². The van der Waals surface area contributed by atoms with Gasteiger partial charge in [-0.3, -0.25) is 9.59 Å². The standard InChI is InChI=1S/C21H22FN5O2/c1-11-15(21(29)27-17-5-6-25-18(10-24)20(11)17)8-19(28)26-12(2)14-4-3-13(9-23)7-16(14)22/h3-4,7,12,17-18,20,25H,5-6,8H2,1-2H3,(H,26,28)(H,27,29). The molecule has 29 heavy (non-hydrogen) atoms. The summed E-state index contributed by atoms with van der Waals surface area (Å²) in [6.07, 6.45) is 0.571. The lowest BCUT2D eigenvalue weighted by Gasteiger charge is -2.41. The summed E-state index contributed by atoms with van der Waals surface area (Å²) in [5.74, 6) is -1.46. The number of piperidine rings is 1. The Labute approximate surface area is 168 Å². The van der Waals surface area contributed by atoms with E-state index in [4.69, 9.17) is 5.26 Å². The Morgan fingerprint density at radius 2 is 2.17 bits per heavy atom. The van der Waals surface area contributed by atoms with Gasteiger partial charge in [-0.05, 0) is 38.9 Å². The molecule has 7 nitrogen and oxygen atoms in total. The predicted octanol–water partition coefficient (Wildman–Crippen LogP) is 1.58. The lowest BCUT2D eigenvalue weighted by atomic mass is 9.76. The second-order valence-corrected chi connectivity index (χ2v) is 7.43. The van der Waals surface area contributed by atoms with Gasteiger partial charge in [0.25, 0.3) is 0 Å². The Balaban J connectivity index is 1.75. The Kier molecular flexibility index (Phi) is 5.95. The summed E-state index contributed by atoms with van der Waals surface area (Å²) in [5.41, 5.74) is 1.55. The number of halogens is 1. The van der Waals surface area contributed by atoms with Gasteiger partial charge in [-0.15, -0.1) is 0 Å². The van der Waals surface area contributed by atoms with Crippen molar-refractivity contribution in [2.45, 2.75) is 44.8 Å². The van der Waals surface area contributed by atoms with Crippen LogP contribution in [-0.4, -0.2) is 30.4 Å². The normalized spacial score (nSPS) is 24.6. The van der Waals surface area contributed by atoms with Crippen molar-refractivity contribution in [2.75, 3.05) is 6.54 Å². The number of nitrogens with zero attached hydrogens (tertiary/aromatic N) is 2. The summed E-state index contributed by atoms with van der Waals surface area (Å²) >= 11 is 0. The molecule has 0 aromatic heterocycles. The molecule has 1 fully saturated rings. The van der Waals surface area contributed by atoms with Crippen LogP contribution in [0.5, 0.6) is 0 Å². The van der Waals surface area contributed by atoms with Crippen LogP contribution in [-0.2, 0) is 9.59 Å². The first-order valence-corrected chi connectivity index (χ1v) is 9.48. The third-order valence-electron chi connectivity index (χ3n) is 5.63. The summed E-state index contributed by atoms with van der Waals surface area (Å²) in [6, 6.07) is 7.01. The van der Waals surface area contributed by atoms with Crippen LogP contribution < -0.4 is 16.0 Å². The van der Waals surface area contributed by atoms with Crippen LogP contribution in [0.25, 0.3) is 0 Å². The number of fused-ring (bicyclic) bond motifs is 1. The van der Waals surface area contributed by atoms with Gasteiger partial charge in [0, 0.05) is 23.1 Å². The van der Waals surface area contributed by atoms with Crippen molar-refractivity contribution in [3.05, 3.63) is 46.3 Å². The molecule has 0 saturated carbocycles. The van der Waals surface area contributed by atoms with Crippen molar-refractivity contribution in [3.8, 4) is 12.1 Å². The molecular formula is C21H22FN5O2. The molecule has 1 saturated heterocycles. The van der Waals surface area contributed by atoms with Crippen LogP contribution in [0, 0.1) is 34.4 Å². The maximum atomic E-state index is 14.2. The molecule has 1 aromatic carbocycles. The van der Waals surface area contributed by atoms with E-state index in [9.17, 15) is 19.2 Å². The minimum Gasteiger partial charge on any atom is -0.349 e. The molecule has 0 spiro atoms. The number of carbonyl (C=O) groups excluding carboxylic acids is 2. The highest BCUT2D eigenvalue weighted by Gasteiger charge is 2.41. The van der Waals surface area contributed by atoms with Crippen molar-refractivity contribution in [1.29, 1.82) is 10.5 Å². The zero-order valence-electron chi connectivity index (χ0n) is 16.3. The third kappa shape index (κ3) is 4.13. The SMILES string of the molecule is CC1=C(CC(=O)NC(C)c2ccc(C#N)cc2F)C(=O)NC2CCNC(C#N)C12. The maximum absolute atomic E-state index is 14.2. The molecule has 0 radical (unpaired) electrons. The Morgan fingerprint density at radius 1 is 1.41 bits per heavy atom. The largest absolute Gasteiger partial charge is 0.349 e. The number of hydrogen-bond acceptors (Lipinski definition) is 5. The molecule has 8 heteroatoms. The summed E-state index contributed by atoms with van der Waals surface area (Å²) in [6.45, 7) is 4.08. The topological polar surface area (TPSA) is 118 Å². The van der Waals surface area contributed by atoms with Crippen LogP contribution >= 0.6 is 0 Å². The quantitative estimate of drug-likeness (QED) is 0.715. The molecule has 1 aromatic rings. The maximum Gasteiger partial charge on any atom is 0.247 e. The highest BCUT2D eigenvalue weighted by Crippen LogP contribution is 2.32. The van der Waals surface area contributed by atoms with Gasteiger partial charge in [0.2, 0.25) is 11.8 Å². The molecular weight excluding hydrogens is 373 g/mol. The van der Waals surface area contributed by atoms with E-state index in [2.05, 4.69) is 22.0 Å². The minimum absolute atomic E-state index is 0.119. The molecule has 2 aliphatic rings. The fourth-order valence-corrected chi connectivity index (χ4v) is 4.11. The summed E-state index contributed by atoms with van der Waals surface area (Å²) in [5, 5.41) is 27.0. The second-order valence-electron chi connectivity index (χ2n) is 7.43. The van der Waals surface area contributed by atoms with Crippen LogP contribution in [0.4, 0.5) is 4.39 Å². The van der Waals surface area contributed by atoms with E-state index in [0.29, 0.717) is 12.1 Å². The van der Waals surface area contributed by atoms with Gasteiger partial charge >= 0.3 is 0 Å². The van der Waals surface area contributed by atoms with Crippen molar-refractivity contribution >= 4 is 11.8 Å². The van der Waals surface area contributed by atoms with E-state index in [0.717, 1.165) is 18.1 Å². The van der Waals surface area contributed by atoms with Crippen molar-refractivity contribution in [2.24, 2.45) is 5.92 Å². The molecule has 3 rings (SSSR count). The molecule has 150 valence electrons. The molecule has 0 aliphatic carbocycles. The number of rotatable bonds is 4. The van der Waals surface area contributed by atoms with E-state index >= 15 is 0 Å². The van der Waals surface area contributed by atoms with Gasteiger partial charge in [0.15, 0.2) is 0 Å². The highest BCUT2D eigenvalue weighted by molar-refractivity contribution is 6.00. The molecule has 2 heterocycles. The smallest absolute Gasteiger partial charge is 0.247 e. The van der Waals surface area contributed by atoms with Gasteiger partial charge in [-0.25, -0.2) is 4.39 Å². The number of nitrogens with one attached hydrogen (secondary N) is 3.